The van der Waals surface area contributed by atoms with Gasteiger partial charge in [0.1, 0.15) is 0 Å². The Morgan fingerprint density at radius 1 is 1.50 bits per heavy atom. The van der Waals surface area contributed by atoms with Crippen LogP contribution in [0.5, 0.6) is 0 Å². The van der Waals surface area contributed by atoms with Gasteiger partial charge in [0.05, 0.1) is 6.07 Å². The summed E-state index contributed by atoms with van der Waals surface area (Å²) in [6, 6.07) is 2.21. The number of rotatable bonds is 1. The highest BCUT2D eigenvalue weighted by atomic mass is 16.1. The number of hydrogen-bond acceptors (Lipinski definition) is 2. The van der Waals surface area contributed by atoms with E-state index in [2.05, 4.69) is 6.07 Å². The first-order chi connectivity index (χ1) is 4.86. The Hall–Kier alpha value is -1.04. The molecule has 0 aromatic heterocycles. The first-order valence-electron chi connectivity index (χ1n) is 3.46. The molecule has 1 rings (SSSR count). The third-order valence-corrected chi connectivity index (χ3v) is 1.86. The van der Waals surface area contributed by atoms with Crippen molar-refractivity contribution in [3.8, 4) is 6.07 Å². The molecule has 1 aliphatic rings. The number of piperidine rings is 1. The molecule has 0 aromatic rings. The van der Waals surface area contributed by atoms with Gasteiger partial charge in [-0.3, -0.25) is 4.79 Å². The van der Waals surface area contributed by atoms with Gasteiger partial charge < -0.3 is 4.90 Å². The van der Waals surface area contributed by atoms with E-state index in [-0.39, 0.29) is 5.92 Å². The second kappa shape index (κ2) is 3.21. The SMILES string of the molecule is N#CC1CCN(C=O)CC1. The lowest BCUT2D eigenvalue weighted by Crippen LogP contribution is -2.31. The lowest BCUT2D eigenvalue weighted by atomic mass is 9.99. The van der Waals surface area contributed by atoms with Crippen LogP contribution in [-0.2, 0) is 4.79 Å². The summed E-state index contributed by atoms with van der Waals surface area (Å²) in [6.07, 6.45) is 2.54. The van der Waals surface area contributed by atoms with Crippen LogP contribution in [0, 0.1) is 17.2 Å². The van der Waals surface area contributed by atoms with Gasteiger partial charge in [0, 0.05) is 19.0 Å². The lowest BCUT2D eigenvalue weighted by Gasteiger charge is -2.24. The maximum Gasteiger partial charge on any atom is 0.209 e. The van der Waals surface area contributed by atoms with E-state index < -0.39 is 0 Å². The maximum atomic E-state index is 10.2. The molecule has 0 N–H and O–H groups in total. The predicted octanol–water partition coefficient (Wildman–Crippen LogP) is 0.378. The van der Waals surface area contributed by atoms with E-state index in [4.69, 9.17) is 5.26 Å². The van der Waals surface area contributed by atoms with Gasteiger partial charge in [-0.1, -0.05) is 0 Å². The van der Waals surface area contributed by atoms with Gasteiger partial charge in [-0.05, 0) is 12.8 Å². The van der Waals surface area contributed by atoms with Crippen LogP contribution in [0.3, 0.4) is 0 Å². The van der Waals surface area contributed by atoms with Gasteiger partial charge in [0.2, 0.25) is 6.41 Å². The van der Waals surface area contributed by atoms with Crippen LogP contribution in [0.15, 0.2) is 0 Å². The molecule has 3 nitrogen and oxygen atoms in total. The fraction of sp³-hybridized carbons (Fsp3) is 0.714. The number of hydrogen-bond donors (Lipinski definition) is 0. The Kier molecular flexibility index (Phi) is 2.27. The van der Waals surface area contributed by atoms with Crippen molar-refractivity contribution in [3.63, 3.8) is 0 Å². The summed E-state index contributed by atoms with van der Waals surface area (Å²) in [5.41, 5.74) is 0. The fourth-order valence-electron chi connectivity index (χ4n) is 1.13. The number of carbonyl (C=O) groups excluding carboxylic acids is 1. The molecule has 0 unspecified atom stereocenters. The first kappa shape index (κ1) is 7.07. The molecule has 0 bridgehead atoms. The second-order valence-corrected chi connectivity index (χ2v) is 2.54. The summed E-state index contributed by atoms with van der Waals surface area (Å²) < 4.78 is 0. The zero-order valence-corrected chi connectivity index (χ0v) is 5.79. The number of nitriles is 1. The standard InChI is InChI=1S/C7H10N2O/c8-5-7-1-3-9(6-10)4-2-7/h6-7H,1-4H2. The minimum absolute atomic E-state index is 0.177. The first-order valence-corrected chi connectivity index (χ1v) is 3.46. The molecule has 1 amide bonds. The van der Waals surface area contributed by atoms with Crippen LogP contribution in [0.4, 0.5) is 0 Å². The summed E-state index contributed by atoms with van der Waals surface area (Å²) in [5, 5.41) is 8.49. The van der Waals surface area contributed by atoms with E-state index in [1.165, 1.54) is 0 Å². The summed E-state index contributed by atoms with van der Waals surface area (Å²) in [5.74, 6) is 0.177. The van der Waals surface area contributed by atoms with Gasteiger partial charge in [-0.25, -0.2) is 0 Å². The summed E-state index contributed by atoms with van der Waals surface area (Å²) >= 11 is 0. The van der Waals surface area contributed by atoms with Gasteiger partial charge in [0.15, 0.2) is 0 Å². The minimum atomic E-state index is 0.177. The van der Waals surface area contributed by atoms with Gasteiger partial charge in [-0.15, -0.1) is 0 Å². The quantitative estimate of drug-likeness (QED) is 0.491. The smallest absolute Gasteiger partial charge is 0.209 e. The average molecular weight is 138 g/mol. The third kappa shape index (κ3) is 1.47. The Morgan fingerprint density at radius 3 is 2.50 bits per heavy atom. The number of carbonyl (C=O) groups is 1. The van der Waals surface area contributed by atoms with Crippen molar-refractivity contribution >= 4 is 6.41 Å². The summed E-state index contributed by atoms with van der Waals surface area (Å²) in [4.78, 5) is 11.9. The van der Waals surface area contributed by atoms with Gasteiger partial charge in [0.25, 0.3) is 0 Å². The van der Waals surface area contributed by atoms with Crippen LogP contribution in [0.1, 0.15) is 12.8 Å². The highest BCUT2D eigenvalue weighted by Crippen LogP contribution is 2.13. The Balaban J connectivity index is 2.32. The Bertz CT molecular complexity index is 153. The van der Waals surface area contributed by atoms with Crippen LogP contribution in [0.2, 0.25) is 0 Å². The van der Waals surface area contributed by atoms with Crippen LogP contribution in [0.25, 0.3) is 0 Å². The molecule has 1 aliphatic heterocycles. The van der Waals surface area contributed by atoms with Crippen LogP contribution >= 0.6 is 0 Å². The van der Waals surface area contributed by atoms with Crippen molar-refractivity contribution in [1.29, 1.82) is 5.26 Å². The van der Waals surface area contributed by atoms with E-state index in [0.717, 1.165) is 32.3 Å². The van der Waals surface area contributed by atoms with Crippen molar-refractivity contribution in [2.45, 2.75) is 12.8 Å². The molecule has 10 heavy (non-hydrogen) atoms. The molecule has 0 spiro atoms. The van der Waals surface area contributed by atoms with E-state index in [1.807, 2.05) is 0 Å². The minimum Gasteiger partial charge on any atom is -0.345 e. The number of amides is 1. The van der Waals surface area contributed by atoms with E-state index >= 15 is 0 Å². The predicted molar refractivity (Wildman–Crippen MR) is 36.0 cm³/mol. The zero-order chi connectivity index (χ0) is 7.40. The van der Waals surface area contributed by atoms with E-state index in [0.29, 0.717) is 0 Å². The van der Waals surface area contributed by atoms with Gasteiger partial charge in [-0.2, -0.15) is 5.26 Å². The second-order valence-electron chi connectivity index (χ2n) is 2.54. The molecule has 54 valence electrons. The Labute approximate surface area is 60.2 Å². The van der Waals surface area contributed by atoms with Crippen molar-refractivity contribution in [1.82, 2.24) is 4.90 Å². The highest BCUT2D eigenvalue weighted by molar-refractivity contribution is 5.47. The zero-order valence-electron chi connectivity index (χ0n) is 5.79. The van der Waals surface area contributed by atoms with Crippen molar-refractivity contribution in [2.75, 3.05) is 13.1 Å². The maximum absolute atomic E-state index is 10.2. The molecule has 0 aliphatic carbocycles. The molecular weight excluding hydrogens is 128 g/mol. The van der Waals surface area contributed by atoms with Crippen molar-refractivity contribution in [2.24, 2.45) is 5.92 Å². The van der Waals surface area contributed by atoms with Crippen molar-refractivity contribution in [3.05, 3.63) is 0 Å². The summed E-state index contributed by atoms with van der Waals surface area (Å²) in [6.45, 7) is 1.50. The summed E-state index contributed by atoms with van der Waals surface area (Å²) in [7, 11) is 0. The monoisotopic (exact) mass is 138 g/mol. The number of likely N-dealkylation sites (tertiary alicyclic amines) is 1. The molecule has 0 atom stereocenters. The lowest BCUT2D eigenvalue weighted by molar-refractivity contribution is -0.119. The average Bonchev–Trinajstić information content (AvgIpc) is 2.05. The van der Waals surface area contributed by atoms with E-state index in [1.54, 1.807) is 4.90 Å². The fourth-order valence-corrected chi connectivity index (χ4v) is 1.13. The molecule has 0 radical (unpaired) electrons. The number of nitrogens with zero attached hydrogens (tertiary/aromatic N) is 2. The largest absolute Gasteiger partial charge is 0.345 e. The van der Waals surface area contributed by atoms with Crippen molar-refractivity contribution < 1.29 is 4.79 Å². The van der Waals surface area contributed by atoms with E-state index in [9.17, 15) is 4.79 Å². The topological polar surface area (TPSA) is 44.1 Å². The molecule has 1 fully saturated rings. The molecule has 0 aromatic carbocycles. The molecular formula is C7H10N2O. The van der Waals surface area contributed by atoms with Gasteiger partial charge >= 0.3 is 0 Å². The van der Waals surface area contributed by atoms with Crippen LogP contribution in [-0.4, -0.2) is 24.4 Å². The Morgan fingerprint density at radius 2 is 2.10 bits per heavy atom. The molecule has 0 saturated carbocycles. The van der Waals surface area contributed by atoms with Crippen LogP contribution < -0.4 is 0 Å². The third-order valence-electron chi connectivity index (χ3n) is 1.86. The molecule has 3 heteroatoms. The normalized spacial score (nSPS) is 20.1. The molecule has 1 heterocycles. The highest BCUT2D eigenvalue weighted by Gasteiger charge is 2.16. The molecule has 1 saturated heterocycles.